The topological polar surface area (TPSA) is 92.4 Å². The maximum Gasteiger partial charge on any atom is 0.329 e. The van der Waals surface area contributed by atoms with Gasteiger partial charge in [0.1, 0.15) is 5.54 Å². The summed E-state index contributed by atoms with van der Waals surface area (Å²) in [7, 11) is 0. The first-order valence-corrected chi connectivity index (χ1v) is 6.23. The summed E-state index contributed by atoms with van der Waals surface area (Å²) in [4.78, 5) is 23.4. The molecule has 1 amide bonds. The summed E-state index contributed by atoms with van der Waals surface area (Å²) >= 11 is 0. The van der Waals surface area contributed by atoms with Crippen LogP contribution in [-0.4, -0.2) is 28.1 Å². The third kappa shape index (κ3) is 2.16. The molecule has 5 nitrogen and oxygen atoms in total. The van der Waals surface area contributed by atoms with Gasteiger partial charge in [-0.05, 0) is 38.5 Å². The van der Waals surface area contributed by atoms with E-state index in [4.69, 9.17) is 5.73 Å². The number of carbonyl (C=O) groups excluding carboxylic acids is 1. The van der Waals surface area contributed by atoms with E-state index in [0.717, 1.165) is 25.7 Å². The Labute approximate surface area is 101 Å². The van der Waals surface area contributed by atoms with Gasteiger partial charge in [-0.1, -0.05) is 12.8 Å². The second-order valence-corrected chi connectivity index (χ2v) is 5.61. The van der Waals surface area contributed by atoms with Crippen LogP contribution in [0.1, 0.15) is 45.4 Å². The van der Waals surface area contributed by atoms with Crippen molar-refractivity contribution in [3.63, 3.8) is 0 Å². The Hall–Kier alpha value is -1.10. The van der Waals surface area contributed by atoms with Crippen LogP contribution in [0.15, 0.2) is 0 Å². The molecule has 96 valence electrons. The predicted molar refractivity (Wildman–Crippen MR) is 62.3 cm³/mol. The van der Waals surface area contributed by atoms with Gasteiger partial charge in [-0.2, -0.15) is 0 Å². The molecule has 0 heterocycles. The standard InChI is InChI=1S/C12H20N2O3/c1-11(13,8-4-5-8)9(15)14-12(10(16)17)6-2-3-7-12/h8H,2-7,13H2,1H3,(H,14,15)(H,16,17). The van der Waals surface area contributed by atoms with Crippen LogP contribution in [-0.2, 0) is 9.59 Å². The molecular weight excluding hydrogens is 220 g/mol. The molecule has 4 N–H and O–H groups in total. The zero-order valence-electron chi connectivity index (χ0n) is 10.2. The van der Waals surface area contributed by atoms with E-state index in [0.29, 0.717) is 12.8 Å². The van der Waals surface area contributed by atoms with Gasteiger partial charge < -0.3 is 16.2 Å². The number of hydrogen-bond acceptors (Lipinski definition) is 3. The van der Waals surface area contributed by atoms with Crippen LogP contribution in [0.4, 0.5) is 0 Å². The molecule has 1 unspecified atom stereocenters. The van der Waals surface area contributed by atoms with Crippen LogP contribution in [0.25, 0.3) is 0 Å². The number of nitrogens with two attached hydrogens (primary N) is 1. The molecule has 0 aromatic heterocycles. The largest absolute Gasteiger partial charge is 0.480 e. The number of aliphatic carboxylic acids is 1. The van der Waals surface area contributed by atoms with Gasteiger partial charge in [0.15, 0.2) is 0 Å². The Bertz CT molecular complexity index is 342. The van der Waals surface area contributed by atoms with Crippen molar-refractivity contribution in [2.24, 2.45) is 11.7 Å². The van der Waals surface area contributed by atoms with E-state index in [2.05, 4.69) is 5.32 Å². The second kappa shape index (κ2) is 3.98. The van der Waals surface area contributed by atoms with Gasteiger partial charge in [-0.3, -0.25) is 4.79 Å². The van der Waals surface area contributed by atoms with Gasteiger partial charge in [0.25, 0.3) is 0 Å². The first-order valence-electron chi connectivity index (χ1n) is 6.23. The monoisotopic (exact) mass is 240 g/mol. The molecule has 0 spiro atoms. The fourth-order valence-electron chi connectivity index (χ4n) is 2.59. The average Bonchev–Trinajstić information content (AvgIpc) is 3.00. The van der Waals surface area contributed by atoms with Crippen LogP contribution in [0.5, 0.6) is 0 Å². The van der Waals surface area contributed by atoms with Gasteiger partial charge >= 0.3 is 5.97 Å². The minimum Gasteiger partial charge on any atom is -0.480 e. The highest BCUT2D eigenvalue weighted by atomic mass is 16.4. The zero-order valence-corrected chi connectivity index (χ0v) is 10.2. The van der Waals surface area contributed by atoms with Crippen molar-refractivity contribution in [3.05, 3.63) is 0 Å². The third-order valence-corrected chi connectivity index (χ3v) is 4.13. The van der Waals surface area contributed by atoms with E-state index in [1.807, 2.05) is 0 Å². The van der Waals surface area contributed by atoms with Crippen LogP contribution >= 0.6 is 0 Å². The van der Waals surface area contributed by atoms with Crippen molar-refractivity contribution in [2.45, 2.75) is 56.5 Å². The number of carbonyl (C=O) groups is 2. The predicted octanol–water partition coefficient (Wildman–Crippen LogP) is 0.627. The van der Waals surface area contributed by atoms with Crippen molar-refractivity contribution >= 4 is 11.9 Å². The van der Waals surface area contributed by atoms with Crippen molar-refractivity contribution in [3.8, 4) is 0 Å². The minimum atomic E-state index is -1.08. The summed E-state index contributed by atoms with van der Waals surface area (Å²) in [6.45, 7) is 1.70. The Morgan fingerprint density at radius 2 is 1.88 bits per heavy atom. The van der Waals surface area contributed by atoms with E-state index in [9.17, 15) is 14.7 Å². The van der Waals surface area contributed by atoms with Crippen LogP contribution in [0, 0.1) is 5.92 Å². The average molecular weight is 240 g/mol. The maximum absolute atomic E-state index is 12.1. The smallest absolute Gasteiger partial charge is 0.329 e. The Morgan fingerprint density at radius 1 is 1.35 bits per heavy atom. The van der Waals surface area contributed by atoms with Crippen molar-refractivity contribution < 1.29 is 14.7 Å². The summed E-state index contributed by atoms with van der Waals surface area (Å²) in [6.07, 6.45) is 4.62. The molecule has 2 aliphatic rings. The molecule has 0 saturated heterocycles. The van der Waals surface area contributed by atoms with E-state index in [1.165, 1.54) is 0 Å². The number of nitrogens with one attached hydrogen (secondary N) is 1. The number of hydrogen-bond donors (Lipinski definition) is 3. The van der Waals surface area contributed by atoms with Crippen LogP contribution < -0.4 is 11.1 Å². The van der Waals surface area contributed by atoms with Gasteiger partial charge in [0, 0.05) is 0 Å². The molecule has 2 aliphatic carbocycles. The van der Waals surface area contributed by atoms with Gasteiger partial charge in [0.2, 0.25) is 5.91 Å². The van der Waals surface area contributed by atoms with Crippen LogP contribution in [0.3, 0.4) is 0 Å². The highest BCUT2D eigenvalue weighted by Crippen LogP contribution is 2.39. The van der Waals surface area contributed by atoms with Gasteiger partial charge in [0.05, 0.1) is 5.54 Å². The molecule has 1 atom stereocenters. The fraction of sp³-hybridized carbons (Fsp3) is 0.833. The highest BCUT2D eigenvalue weighted by Gasteiger charge is 2.49. The van der Waals surface area contributed by atoms with E-state index in [1.54, 1.807) is 6.92 Å². The Morgan fingerprint density at radius 3 is 2.29 bits per heavy atom. The lowest BCUT2D eigenvalue weighted by Crippen LogP contribution is -2.62. The maximum atomic E-state index is 12.1. The number of amides is 1. The molecule has 5 heteroatoms. The lowest BCUT2D eigenvalue weighted by molar-refractivity contribution is -0.148. The summed E-state index contributed by atoms with van der Waals surface area (Å²) in [6, 6.07) is 0. The third-order valence-electron chi connectivity index (χ3n) is 4.13. The first-order chi connectivity index (χ1) is 7.88. The summed E-state index contributed by atoms with van der Waals surface area (Å²) in [5, 5.41) is 12.0. The highest BCUT2D eigenvalue weighted by molar-refractivity contribution is 5.92. The number of carboxylic acid groups (broad SMARTS) is 1. The van der Waals surface area contributed by atoms with E-state index in [-0.39, 0.29) is 11.8 Å². The molecule has 0 aromatic carbocycles. The van der Waals surface area contributed by atoms with E-state index >= 15 is 0 Å². The van der Waals surface area contributed by atoms with Crippen LogP contribution in [0.2, 0.25) is 0 Å². The fourth-order valence-corrected chi connectivity index (χ4v) is 2.59. The molecule has 0 bridgehead atoms. The van der Waals surface area contributed by atoms with Crippen molar-refractivity contribution in [1.29, 1.82) is 0 Å². The molecule has 0 radical (unpaired) electrons. The molecule has 2 saturated carbocycles. The number of carboxylic acids is 1. The molecule has 0 aliphatic heterocycles. The molecular formula is C12H20N2O3. The number of rotatable bonds is 4. The van der Waals surface area contributed by atoms with E-state index < -0.39 is 17.0 Å². The quantitative estimate of drug-likeness (QED) is 0.672. The lowest BCUT2D eigenvalue weighted by Gasteiger charge is -2.31. The summed E-state index contributed by atoms with van der Waals surface area (Å²) in [5.41, 5.74) is 4.00. The zero-order chi connectivity index (χ0) is 12.7. The van der Waals surface area contributed by atoms with Gasteiger partial charge in [-0.25, -0.2) is 4.79 Å². The normalized spacial score (nSPS) is 26.2. The molecule has 17 heavy (non-hydrogen) atoms. The molecule has 2 rings (SSSR count). The van der Waals surface area contributed by atoms with Crippen molar-refractivity contribution in [2.75, 3.05) is 0 Å². The second-order valence-electron chi connectivity index (χ2n) is 5.61. The molecule has 0 aromatic rings. The summed E-state index contributed by atoms with van der Waals surface area (Å²) in [5.74, 6) is -1.05. The van der Waals surface area contributed by atoms with Crippen molar-refractivity contribution in [1.82, 2.24) is 5.32 Å². The molecule has 2 fully saturated rings. The lowest BCUT2D eigenvalue weighted by atomic mass is 9.91. The first kappa shape index (κ1) is 12.4. The SMILES string of the molecule is CC(N)(C(=O)NC1(C(=O)O)CCCC1)C1CC1. The summed E-state index contributed by atoms with van der Waals surface area (Å²) < 4.78 is 0. The minimum absolute atomic E-state index is 0.203. The Kier molecular flexibility index (Phi) is 2.89. The Balaban J connectivity index is 2.08. The van der Waals surface area contributed by atoms with Gasteiger partial charge in [-0.15, -0.1) is 0 Å².